The zero-order valence-electron chi connectivity index (χ0n) is 16.3. The topological polar surface area (TPSA) is 58.8 Å². The predicted molar refractivity (Wildman–Crippen MR) is 119 cm³/mol. The van der Waals surface area contributed by atoms with Crippen LogP contribution in [0.4, 0.5) is 5.69 Å². The van der Waals surface area contributed by atoms with E-state index in [1.807, 2.05) is 61.2 Å². The molecule has 0 bridgehead atoms. The Balaban J connectivity index is 0.00000196. The highest BCUT2D eigenvalue weighted by Gasteiger charge is 2.27. The van der Waals surface area contributed by atoms with Crippen molar-refractivity contribution in [1.29, 1.82) is 0 Å². The fourth-order valence-electron chi connectivity index (χ4n) is 3.28. The highest BCUT2D eigenvalue weighted by atomic mass is 35.5. The van der Waals surface area contributed by atoms with Crippen LogP contribution >= 0.6 is 24.8 Å². The van der Waals surface area contributed by atoms with Gasteiger partial charge in [-0.1, -0.05) is 42.0 Å². The summed E-state index contributed by atoms with van der Waals surface area (Å²) in [7, 11) is 0. The number of rotatable bonds is 5. The minimum Gasteiger partial charge on any atom is -0.492 e. The Morgan fingerprint density at radius 3 is 2.25 bits per heavy atom. The summed E-state index contributed by atoms with van der Waals surface area (Å²) in [6.45, 7) is 7.53. The molecule has 1 heterocycles. The molecule has 1 atom stereocenters. The van der Waals surface area contributed by atoms with Gasteiger partial charge in [0, 0.05) is 26.2 Å². The molecular formula is C21H29Cl2N3O2. The van der Waals surface area contributed by atoms with E-state index >= 15 is 0 Å². The van der Waals surface area contributed by atoms with E-state index in [2.05, 4.69) is 11.0 Å². The Morgan fingerprint density at radius 1 is 1.04 bits per heavy atom. The molecule has 7 heteroatoms. The van der Waals surface area contributed by atoms with Gasteiger partial charge >= 0.3 is 0 Å². The molecule has 1 fully saturated rings. The van der Waals surface area contributed by atoms with Crippen LogP contribution in [0.15, 0.2) is 48.5 Å². The van der Waals surface area contributed by atoms with E-state index in [1.54, 1.807) is 0 Å². The number of anilines is 1. The molecule has 1 saturated heterocycles. The van der Waals surface area contributed by atoms with Crippen LogP contribution in [0.1, 0.15) is 24.1 Å². The molecular weight excluding hydrogens is 397 g/mol. The van der Waals surface area contributed by atoms with Crippen LogP contribution < -0.4 is 15.4 Å². The van der Waals surface area contributed by atoms with Crippen LogP contribution in [0.5, 0.6) is 5.75 Å². The first kappa shape index (κ1) is 24.1. The average Bonchev–Trinajstić information content (AvgIpc) is 2.68. The van der Waals surface area contributed by atoms with Gasteiger partial charge in [-0.2, -0.15) is 0 Å². The maximum atomic E-state index is 12.8. The van der Waals surface area contributed by atoms with E-state index in [0.29, 0.717) is 19.7 Å². The number of hydrogen-bond acceptors (Lipinski definition) is 4. The number of carbonyl (C=O) groups is 1. The van der Waals surface area contributed by atoms with E-state index in [4.69, 9.17) is 10.5 Å². The largest absolute Gasteiger partial charge is 0.492 e. The molecule has 154 valence electrons. The van der Waals surface area contributed by atoms with Gasteiger partial charge in [-0.3, -0.25) is 4.79 Å². The number of para-hydroxylation sites is 2. The van der Waals surface area contributed by atoms with Gasteiger partial charge in [0.15, 0.2) is 0 Å². The SMILES string of the molecule is CCOc1ccccc1N1CCN(C(=O)C(N)c2ccc(C)cc2)CC1.Cl.Cl. The minimum atomic E-state index is -0.599. The van der Waals surface area contributed by atoms with E-state index in [0.717, 1.165) is 35.7 Å². The summed E-state index contributed by atoms with van der Waals surface area (Å²) >= 11 is 0. The Hall–Kier alpha value is -1.95. The van der Waals surface area contributed by atoms with Gasteiger partial charge in [0.1, 0.15) is 11.8 Å². The molecule has 0 aromatic heterocycles. The van der Waals surface area contributed by atoms with Gasteiger partial charge < -0.3 is 20.3 Å². The van der Waals surface area contributed by atoms with Gasteiger partial charge in [-0.05, 0) is 31.5 Å². The summed E-state index contributed by atoms with van der Waals surface area (Å²) in [5.41, 5.74) is 9.32. The molecule has 2 aromatic rings. The lowest BCUT2D eigenvalue weighted by Gasteiger charge is -2.37. The fourth-order valence-corrected chi connectivity index (χ4v) is 3.28. The van der Waals surface area contributed by atoms with Crippen molar-refractivity contribution in [2.45, 2.75) is 19.9 Å². The third kappa shape index (κ3) is 5.53. The normalized spacial score (nSPS) is 14.5. The summed E-state index contributed by atoms with van der Waals surface area (Å²) < 4.78 is 5.73. The molecule has 1 aliphatic heterocycles. The quantitative estimate of drug-likeness (QED) is 0.794. The second-order valence-corrected chi connectivity index (χ2v) is 6.60. The molecule has 5 nitrogen and oxygen atoms in total. The smallest absolute Gasteiger partial charge is 0.244 e. The van der Waals surface area contributed by atoms with Crippen molar-refractivity contribution in [2.24, 2.45) is 5.73 Å². The second kappa shape index (κ2) is 11.1. The Bertz CT molecular complexity index is 748. The summed E-state index contributed by atoms with van der Waals surface area (Å²) in [6.07, 6.45) is 0. The number of benzene rings is 2. The lowest BCUT2D eigenvalue weighted by Crippen LogP contribution is -2.51. The van der Waals surface area contributed by atoms with Crippen LogP contribution in [0.3, 0.4) is 0 Å². The highest BCUT2D eigenvalue weighted by molar-refractivity contribution is 5.85. The van der Waals surface area contributed by atoms with Crippen molar-refractivity contribution < 1.29 is 9.53 Å². The fraction of sp³-hybridized carbons (Fsp3) is 0.381. The van der Waals surface area contributed by atoms with Crippen LogP contribution in [0.2, 0.25) is 0 Å². The Labute approximate surface area is 179 Å². The Morgan fingerprint density at radius 2 is 1.64 bits per heavy atom. The summed E-state index contributed by atoms with van der Waals surface area (Å²) in [6, 6.07) is 15.3. The van der Waals surface area contributed by atoms with Gasteiger partial charge in [0.05, 0.1) is 12.3 Å². The molecule has 2 aromatic carbocycles. The van der Waals surface area contributed by atoms with Gasteiger partial charge in [0.25, 0.3) is 0 Å². The zero-order chi connectivity index (χ0) is 18.5. The number of amides is 1. The summed E-state index contributed by atoms with van der Waals surface area (Å²) in [5, 5.41) is 0. The Kier molecular flexibility index (Phi) is 9.59. The summed E-state index contributed by atoms with van der Waals surface area (Å²) in [5.74, 6) is 0.887. The molecule has 0 radical (unpaired) electrons. The van der Waals surface area contributed by atoms with Crippen LogP contribution in [-0.2, 0) is 4.79 Å². The highest BCUT2D eigenvalue weighted by Crippen LogP contribution is 2.29. The zero-order valence-corrected chi connectivity index (χ0v) is 18.0. The number of halogens is 2. The first-order valence-electron chi connectivity index (χ1n) is 9.18. The van der Waals surface area contributed by atoms with Crippen LogP contribution in [0.25, 0.3) is 0 Å². The molecule has 1 unspecified atom stereocenters. The van der Waals surface area contributed by atoms with E-state index < -0.39 is 6.04 Å². The first-order chi connectivity index (χ1) is 12.6. The molecule has 1 amide bonds. The summed E-state index contributed by atoms with van der Waals surface area (Å²) in [4.78, 5) is 16.9. The minimum absolute atomic E-state index is 0. The maximum Gasteiger partial charge on any atom is 0.244 e. The molecule has 2 N–H and O–H groups in total. The van der Waals surface area contributed by atoms with E-state index in [-0.39, 0.29) is 30.7 Å². The lowest BCUT2D eigenvalue weighted by atomic mass is 10.0. The van der Waals surface area contributed by atoms with Gasteiger partial charge in [0.2, 0.25) is 5.91 Å². The number of aryl methyl sites for hydroxylation is 1. The van der Waals surface area contributed by atoms with Gasteiger partial charge in [-0.25, -0.2) is 0 Å². The predicted octanol–water partition coefficient (Wildman–Crippen LogP) is 3.59. The molecule has 1 aliphatic rings. The first-order valence-corrected chi connectivity index (χ1v) is 9.18. The van der Waals surface area contributed by atoms with E-state index in [9.17, 15) is 4.79 Å². The monoisotopic (exact) mass is 425 g/mol. The number of ether oxygens (including phenoxy) is 1. The number of hydrogen-bond donors (Lipinski definition) is 1. The molecule has 0 spiro atoms. The molecule has 28 heavy (non-hydrogen) atoms. The van der Waals surface area contributed by atoms with Crippen molar-refractivity contribution in [2.75, 3.05) is 37.7 Å². The maximum absolute atomic E-state index is 12.8. The van der Waals surface area contributed by atoms with E-state index in [1.165, 1.54) is 0 Å². The van der Waals surface area contributed by atoms with Crippen molar-refractivity contribution in [3.05, 3.63) is 59.7 Å². The van der Waals surface area contributed by atoms with Crippen molar-refractivity contribution in [3.8, 4) is 5.75 Å². The number of carbonyl (C=O) groups excluding carboxylic acids is 1. The number of piperazine rings is 1. The molecule has 0 saturated carbocycles. The lowest BCUT2D eigenvalue weighted by molar-refractivity contribution is -0.133. The van der Waals surface area contributed by atoms with Gasteiger partial charge in [-0.15, -0.1) is 24.8 Å². The van der Waals surface area contributed by atoms with Crippen LogP contribution in [-0.4, -0.2) is 43.6 Å². The van der Waals surface area contributed by atoms with Crippen molar-refractivity contribution in [3.63, 3.8) is 0 Å². The van der Waals surface area contributed by atoms with Crippen LogP contribution in [0, 0.1) is 6.92 Å². The van der Waals surface area contributed by atoms with Crippen molar-refractivity contribution in [1.82, 2.24) is 4.90 Å². The number of nitrogens with two attached hydrogens (primary N) is 1. The number of nitrogens with zero attached hydrogens (tertiary/aromatic N) is 2. The second-order valence-electron chi connectivity index (χ2n) is 6.60. The average molecular weight is 426 g/mol. The third-order valence-corrected chi connectivity index (χ3v) is 4.80. The van der Waals surface area contributed by atoms with Crippen molar-refractivity contribution >= 4 is 36.4 Å². The third-order valence-electron chi connectivity index (χ3n) is 4.80. The molecule has 3 rings (SSSR count). The standard InChI is InChI=1S/C21H27N3O2.2ClH/c1-3-26-19-7-5-4-6-18(19)23-12-14-24(15-13-23)21(25)20(22)17-10-8-16(2)9-11-17;;/h4-11,20H,3,12-15,22H2,1-2H3;2*1H. The molecule has 0 aliphatic carbocycles.